The molecule has 0 aliphatic heterocycles. The number of allylic oxidation sites excluding steroid dienone is 12. The number of unbranched alkanes of at least 4 members (excludes halogenated alkanes) is 25. The molecular weight excluding hydrogens is 859 g/mol. The Kier molecular flexibility index (Phi) is 48.7. The first-order chi connectivity index (χ1) is 33.6. The fourth-order valence-electron chi connectivity index (χ4n) is 8.23. The predicted octanol–water partition coefficient (Wildman–Crippen LogP) is 17.0. The van der Waals surface area contributed by atoms with Crippen LogP contribution in [-0.2, 0) is 28.6 Å². The lowest BCUT2D eigenvalue weighted by Crippen LogP contribution is -2.50. The first kappa shape index (κ1) is 65.8. The minimum absolute atomic E-state index is 0.0538. The molecule has 0 fully saturated rings. The van der Waals surface area contributed by atoms with Crippen LogP contribution >= 0.6 is 0 Å². The van der Waals surface area contributed by atoms with Crippen LogP contribution in [-0.4, -0.2) is 80.6 Å². The van der Waals surface area contributed by atoms with Crippen LogP contribution in [0.3, 0.4) is 0 Å². The molecular formula is C61H108NO7+. The molecule has 0 aromatic heterocycles. The van der Waals surface area contributed by atoms with E-state index in [1.54, 1.807) is 0 Å². The highest BCUT2D eigenvalue weighted by atomic mass is 16.6. The fraction of sp³-hybridized carbons (Fsp3) is 0.754. The summed E-state index contributed by atoms with van der Waals surface area (Å²) >= 11 is 0. The third-order valence-electron chi connectivity index (χ3n) is 12.6. The number of carbonyl (C=O) groups is 3. The van der Waals surface area contributed by atoms with Gasteiger partial charge in [-0.1, -0.05) is 215 Å². The standard InChI is InChI=1S/C61H107NO7/c1-6-8-10-12-14-16-18-20-22-24-26-28-30-32-34-36-38-40-42-44-46-48-50-52-60(64)69-57(55-67-54-53-58(61(65)66)62(3,4)5)56-68-59(63)51-49-47-45-43-41-39-37-35-33-31-29-27-25-23-21-19-17-15-13-11-9-7-2/h9,11,15,17,21,23,26-29,32,34,57-58H,6-8,10,12-14,16,18-20,22,24-25,30-31,33,35-56H2,1-5H3/p+1/b11-9+,17-15+,23-21+,28-26+,29-27+,34-32+. The Labute approximate surface area is 425 Å². The highest BCUT2D eigenvalue weighted by Gasteiger charge is 2.31. The molecule has 0 spiro atoms. The van der Waals surface area contributed by atoms with Gasteiger partial charge in [0, 0.05) is 19.3 Å². The van der Waals surface area contributed by atoms with Crippen LogP contribution in [0.25, 0.3) is 0 Å². The average Bonchev–Trinajstić information content (AvgIpc) is 3.31. The van der Waals surface area contributed by atoms with Crippen LogP contribution in [0.1, 0.15) is 245 Å². The Morgan fingerprint density at radius 2 is 0.812 bits per heavy atom. The van der Waals surface area contributed by atoms with E-state index in [0.717, 1.165) is 83.5 Å². The molecule has 2 unspecified atom stereocenters. The summed E-state index contributed by atoms with van der Waals surface area (Å²) in [7, 11) is 5.54. The summed E-state index contributed by atoms with van der Waals surface area (Å²) in [6.45, 7) is 4.63. The van der Waals surface area contributed by atoms with Gasteiger partial charge in [0.1, 0.15) is 6.61 Å². The van der Waals surface area contributed by atoms with E-state index in [-0.39, 0.29) is 36.2 Å². The van der Waals surface area contributed by atoms with Crippen molar-refractivity contribution in [3.8, 4) is 0 Å². The summed E-state index contributed by atoms with van der Waals surface area (Å²) in [6.07, 6.45) is 66.7. The molecule has 8 nitrogen and oxygen atoms in total. The second-order valence-electron chi connectivity index (χ2n) is 20.2. The van der Waals surface area contributed by atoms with Crippen LogP contribution in [0.2, 0.25) is 0 Å². The van der Waals surface area contributed by atoms with Gasteiger partial charge in [-0.25, -0.2) is 4.79 Å². The third kappa shape index (κ3) is 49.5. The zero-order chi connectivity index (χ0) is 50.6. The van der Waals surface area contributed by atoms with Gasteiger partial charge in [0.25, 0.3) is 0 Å². The normalized spacial score (nSPS) is 13.3. The number of aliphatic carboxylic acids is 1. The Bertz CT molecular complexity index is 1360. The Hall–Kier alpha value is -3.23. The summed E-state index contributed by atoms with van der Waals surface area (Å²) in [5.41, 5.74) is 0. The van der Waals surface area contributed by atoms with Crippen LogP contribution < -0.4 is 0 Å². The first-order valence-corrected chi connectivity index (χ1v) is 28.5. The quantitative estimate of drug-likeness (QED) is 0.0281. The fourth-order valence-corrected chi connectivity index (χ4v) is 8.23. The minimum atomic E-state index is -0.877. The van der Waals surface area contributed by atoms with Gasteiger partial charge in [0.05, 0.1) is 34.4 Å². The van der Waals surface area contributed by atoms with Crippen molar-refractivity contribution < 1.29 is 38.2 Å². The summed E-state index contributed by atoms with van der Waals surface area (Å²) in [4.78, 5) is 37.3. The van der Waals surface area contributed by atoms with Crippen molar-refractivity contribution in [2.45, 2.75) is 257 Å². The van der Waals surface area contributed by atoms with Crippen LogP contribution in [0.15, 0.2) is 72.9 Å². The molecule has 0 rings (SSSR count). The Morgan fingerprint density at radius 1 is 0.449 bits per heavy atom. The number of ether oxygens (including phenoxy) is 3. The third-order valence-corrected chi connectivity index (χ3v) is 12.6. The van der Waals surface area contributed by atoms with E-state index in [4.69, 9.17) is 14.2 Å². The molecule has 0 aliphatic rings. The lowest BCUT2D eigenvalue weighted by molar-refractivity contribution is -0.887. The Morgan fingerprint density at radius 3 is 1.20 bits per heavy atom. The molecule has 0 saturated heterocycles. The number of carboxylic acid groups (broad SMARTS) is 1. The highest BCUT2D eigenvalue weighted by molar-refractivity contribution is 5.72. The van der Waals surface area contributed by atoms with E-state index < -0.39 is 18.1 Å². The molecule has 0 aromatic carbocycles. The maximum absolute atomic E-state index is 12.8. The molecule has 0 radical (unpaired) electrons. The number of esters is 2. The molecule has 398 valence electrons. The molecule has 0 heterocycles. The minimum Gasteiger partial charge on any atom is -0.477 e. The smallest absolute Gasteiger partial charge is 0.362 e. The van der Waals surface area contributed by atoms with E-state index in [1.807, 2.05) is 21.1 Å². The lowest BCUT2D eigenvalue weighted by atomic mass is 10.1. The van der Waals surface area contributed by atoms with E-state index in [9.17, 15) is 19.5 Å². The van der Waals surface area contributed by atoms with Crippen molar-refractivity contribution in [2.24, 2.45) is 0 Å². The zero-order valence-corrected chi connectivity index (χ0v) is 45.5. The largest absolute Gasteiger partial charge is 0.477 e. The molecule has 0 saturated carbocycles. The van der Waals surface area contributed by atoms with Crippen molar-refractivity contribution in [3.05, 3.63) is 72.9 Å². The number of carboxylic acids is 1. The number of rotatable bonds is 51. The van der Waals surface area contributed by atoms with Crippen molar-refractivity contribution in [1.29, 1.82) is 0 Å². The number of hydrogen-bond acceptors (Lipinski definition) is 6. The van der Waals surface area contributed by atoms with E-state index in [2.05, 4.69) is 86.8 Å². The molecule has 1 N–H and O–H groups in total. The molecule has 0 aliphatic carbocycles. The maximum atomic E-state index is 12.8. The second kappa shape index (κ2) is 51.1. The molecule has 0 aromatic rings. The van der Waals surface area contributed by atoms with Crippen molar-refractivity contribution in [3.63, 3.8) is 0 Å². The lowest BCUT2D eigenvalue weighted by Gasteiger charge is -2.31. The van der Waals surface area contributed by atoms with Gasteiger partial charge in [0.15, 0.2) is 12.1 Å². The monoisotopic (exact) mass is 967 g/mol. The van der Waals surface area contributed by atoms with Crippen LogP contribution in [0.5, 0.6) is 0 Å². The first-order valence-electron chi connectivity index (χ1n) is 28.5. The Balaban J connectivity index is 4.22. The van der Waals surface area contributed by atoms with Gasteiger partial charge in [-0.3, -0.25) is 9.59 Å². The van der Waals surface area contributed by atoms with E-state index in [0.29, 0.717) is 19.3 Å². The zero-order valence-electron chi connectivity index (χ0n) is 45.5. The average molecular weight is 968 g/mol. The number of hydrogen-bond donors (Lipinski definition) is 1. The van der Waals surface area contributed by atoms with Gasteiger partial charge < -0.3 is 23.8 Å². The number of carbonyl (C=O) groups excluding carboxylic acids is 2. The van der Waals surface area contributed by atoms with Gasteiger partial charge >= 0.3 is 17.9 Å². The molecule has 69 heavy (non-hydrogen) atoms. The molecule has 0 bridgehead atoms. The van der Waals surface area contributed by atoms with Crippen molar-refractivity contribution >= 4 is 17.9 Å². The van der Waals surface area contributed by atoms with Gasteiger partial charge in [0.2, 0.25) is 0 Å². The second-order valence-corrected chi connectivity index (χ2v) is 20.2. The van der Waals surface area contributed by atoms with Crippen molar-refractivity contribution in [1.82, 2.24) is 0 Å². The van der Waals surface area contributed by atoms with E-state index >= 15 is 0 Å². The van der Waals surface area contributed by atoms with Gasteiger partial charge in [-0.05, 0) is 83.5 Å². The van der Waals surface area contributed by atoms with Crippen LogP contribution in [0.4, 0.5) is 0 Å². The highest BCUT2D eigenvalue weighted by Crippen LogP contribution is 2.15. The summed E-state index contributed by atoms with van der Waals surface area (Å²) < 4.78 is 17.4. The predicted molar refractivity (Wildman–Crippen MR) is 294 cm³/mol. The van der Waals surface area contributed by atoms with Gasteiger partial charge in [-0.2, -0.15) is 0 Å². The topological polar surface area (TPSA) is 99.1 Å². The molecule has 8 heteroatoms. The summed E-state index contributed by atoms with van der Waals surface area (Å²) in [5, 5.41) is 9.68. The number of nitrogens with zero attached hydrogens (tertiary/aromatic N) is 1. The molecule has 2 atom stereocenters. The SMILES string of the molecule is CC/C=C/C/C=C/C/C=C/C/C=C/CCCCCCCCCCCC(=O)OCC(COCCC(C(=O)O)[N+](C)(C)C)OC(=O)CCCCCCCCC/C=C/C/C=C/CCCCCCCCCCC. The molecule has 0 amide bonds. The number of likely N-dealkylation sites (N-methyl/N-ethyl adjacent to an activating group) is 1. The van der Waals surface area contributed by atoms with Crippen molar-refractivity contribution in [2.75, 3.05) is 41.0 Å². The summed E-state index contributed by atoms with van der Waals surface area (Å²) in [6, 6.07) is -0.621. The van der Waals surface area contributed by atoms with Gasteiger partial charge in [-0.15, -0.1) is 0 Å². The van der Waals surface area contributed by atoms with Crippen LogP contribution in [0, 0.1) is 0 Å². The maximum Gasteiger partial charge on any atom is 0.362 e. The van der Waals surface area contributed by atoms with E-state index in [1.165, 1.54) is 128 Å². The summed E-state index contributed by atoms with van der Waals surface area (Å²) in [5.74, 6) is -1.48. The number of quaternary nitrogens is 1.